The van der Waals surface area contributed by atoms with E-state index in [1.165, 1.54) is 4.31 Å². The fourth-order valence-electron chi connectivity index (χ4n) is 2.52. The summed E-state index contributed by atoms with van der Waals surface area (Å²) in [5.74, 6) is 0.513. The van der Waals surface area contributed by atoms with Crippen LogP contribution in [0.15, 0.2) is 35.2 Å². The van der Waals surface area contributed by atoms with Gasteiger partial charge in [-0.3, -0.25) is 0 Å². The first kappa shape index (κ1) is 16.4. The molecule has 0 amide bonds. The molecule has 0 radical (unpaired) electrons. The van der Waals surface area contributed by atoms with Crippen LogP contribution >= 0.6 is 0 Å². The number of benzene rings is 1. The quantitative estimate of drug-likeness (QED) is 0.724. The molecule has 0 saturated carbocycles. The third kappa shape index (κ3) is 2.73. The molecule has 8 heteroatoms. The highest BCUT2D eigenvalue weighted by Crippen LogP contribution is 2.21. The van der Waals surface area contributed by atoms with Crippen LogP contribution in [-0.4, -0.2) is 34.5 Å². The van der Waals surface area contributed by atoms with Gasteiger partial charge in [0.1, 0.15) is 0 Å². The maximum absolute atomic E-state index is 12.9. The zero-order valence-electron chi connectivity index (χ0n) is 14.1. The van der Waals surface area contributed by atoms with Crippen molar-refractivity contribution in [3.8, 4) is 0 Å². The Kier molecular flexibility index (Phi) is 4.00. The van der Waals surface area contributed by atoms with Crippen molar-refractivity contribution in [3.63, 3.8) is 0 Å². The lowest BCUT2D eigenvalue weighted by atomic mass is 10.2. The molecule has 0 saturated heterocycles. The van der Waals surface area contributed by atoms with Crippen LogP contribution in [0.4, 0.5) is 5.95 Å². The fraction of sp³-hybridized carbons (Fsp3) is 0.312. The molecule has 0 aliphatic heterocycles. The van der Waals surface area contributed by atoms with E-state index in [9.17, 15) is 8.42 Å². The van der Waals surface area contributed by atoms with Crippen molar-refractivity contribution < 1.29 is 8.42 Å². The highest BCUT2D eigenvalue weighted by atomic mass is 32.2. The summed E-state index contributed by atoms with van der Waals surface area (Å²) in [5, 5.41) is 4.32. The summed E-state index contributed by atoms with van der Waals surface area (Å²) < 4.78 is 28.6. The van der Waals surface area contributed by atoms with E-state index in [1.54, 1.807) is 35.7 Å². The Hall–Kier alpha value is -2.48. The molecule has 0 atom stereocenters. The van der Waals surface area contributed by atoms with E-state index in [4.69, 9.17) is 0 Å². The van der Waals surface area contributed by atoms with Crippen molar-refractivity contribution in [3.05, 3.63) is 47.3 Å². The molecule has 0 fully saturated rings. The van der Waals surface area contributed by atoms with Crippen molar-refractivity contribution in [2.75, 3.05) is 10.8 Å². The predicted octanol–water partition coefficient (Wildman–Crippen LogP) is 2.26. The minimum atomic E-state index is -3.72. The van der Waals surface area contributed by atoms with E-state index in [-0.39, 0.29) is 17.4 Å². The number of fused-ring (bicyclic) bond motifs is 1. The first-order chi connectivity index (χ1) is 11.3. The topological polar surface area (TPSA) is 80.5 Å². The van der Waals surface area contributed by atoms with Crippen LogP contribution in [0.25, 0.3) is 5.78 Å². The second kappa shape index (κ2) is 5.86. The molecule has 0 aliphatic rings. The van der Waals surface area contributed by atoms with Gasteiger partial charge in [-0.15, -0.1) is 5.10 Å². The minimum absolute atomic E-state index is 0.124. The largest absolute Gasteiger partial charge is 0.266 e. The first-order valence-electron chi connectivity index (χ1n) is 7.63. The van der Waals surface area contributed by atoms with Crippen molar-refractivity contribution >= 4 is 21.7 Å². The summed E-state index contributed by atoms with van der Waals surface area (Å²) in [4.78, 5) is 8.83. The van der Waals surface area contributed by atoms with Crippen molar-refractivity contribution in [1.29, 1.82) is 0 Å². The number of sulfonamides is 1. The van der Waals surface area contributed by atoms with Gasteiger partial charge in [-0.05, 0) is 45.9 Å². The predicted molar refractivity (Wildman–Crippen MR) is 91.6 cm³/mol. The van der Waals surface area contributed by atoms with Gasteiger partial charge in [-0.2, -0.15) is 9.50 Å². The number of nitrogens with zero attached hydrogens (tertiary/aromatic N) is 5. The highest BCUT2D eigenvalue weighted by Gasteiger charge is 2.27. The van der Waals surface area contributed by atoms with Crippen LogP contribution in [0.1, 0.15) is 23.9 Å². The van der Waals surface area contributed by atoms with Crippen LogP contribution in [-0.2, 0) is 10.0 Å². The SMILES string of the molecule is CCN(c1nc2nc(C)cc(C)n2n1)S(=O)(=O)c1ccc(C)cc1. The van der Waals surface area contributed by atoms with Gasteiger partial charge >= 0.3 is 0 Å². The molecule has 2 heterocycles. The molecule has 0 aliphatic carbocycles. The standard InChI is InChI=1S/C16H19N5O2S/c1-5-20(24(22,23)14-8-6-11(2)7-9-14)16-18-15-17-12(3)10-13(4)21(15)19-16/h6-10H,5H2,1-4H3. The summed E-state index contributed by atoms with van der Waals surface area (Å²) in [6, 6.07) is 8.60. The number of anilines is 1. The zero-order chi connectivity index (χ0) is 17.5. The van der Waals surface area contributed by atoms with Gasteiger partial charge in [-0.1, -0.05) is 17.7 Å². The lowest BCUT2D eigenvalue weighted by Gasteiger charge is -2.18. The van der Waals surface area contributed by atoms with Gasteiger partial charge < -0.3 is 0 Å². The van der Waals surface area contributed by atoms with E-state index in [0.717, 1.165) is 17.0 Å². The van der Waals surface area contributed by atoms with Gasteiger partial charge in [-0.25, -0.2) is 17.7 Å². The lowest BCUT2D eigenvalue weighted by Crippen LogP contribution is -2.31. The molecule has 1 aromatic carbocycles. The number of hydrogen-bond donors (Lipinski definition) is 0. The minimum Gasteiger partial charge on any atom is -0.233 e. The van der Waals surface area contributed by atoms with E-state index in [2.05, 4.69) is 15.1 Å². The Morgan fingerprint density at radius 2 is 1.75 bits per heavy atom. The van der Waals surface area contributed by atoms with Gasteiger partial charge in [0.2, 0.25) is 0 Å². The molecule has 2 aromatic heterocycles. The Bertz CT molecular complexity index is 993. The summed E-state index contributed by atoms with van der Waals surface area (Å²) >= 11 is 0. The summed E-state index contributed by atoms with van der Waals surface area (Å²) in [7, 11) is -3.72. The molecular weight excluding hydrogens is 326 g/mol. The zero-order valence-corrected chi connectivity index (χ0v) is 14.9. The molecule has 0 N–H and O–H groups in total. The van der Waals surface area contributed by atoms with Gasteiger partial charge in [0.05, 0.1) is 4.90 Å². The number of aromatic nitrogens is 4. The first-order valence-corrected chi connectivity index (χ1v) is 9.07. The Labute approximate surface area is 141 Å². The average molecular weight is 345 g/mol. The van der Waals surface area contributed by atoms with Gasteiger partial charge in [0.15, 0.2) is 0 Å². The van der Waals surface area contributed by atoms with E-state index >= 15 is 0 Å². The van der Waals surface area contributed by atoms with Crippen molar-refractivity contribution in [2.24, 2.45) is 0 Å². The molecule has 0 unspecified atom stereocenters. The molecule has 3 rings (SSSR count). The Balaban J connectivity index is 2.11. The lowest BCUT2D eigenvalue weighted by molar-refractivity contribution is 0.590. The van der Waals surface area contributed by atoms with E-state index in [1.807, 2.05) is 26.8 Å². The molecule has 24 heavy (non-hydrogen) atoms. The van der Waals surface area contributed by atoms with Gasteiger partial charge in [0.25, 0.3) is 21.7 Å². The maximum Gasteiger partial charge on any atom is 0.266 e. The molecule has 126 valence electrons. The van der Waals surface area contributed by atoms with Crippen LogP contribution in [0.2, 0.25) is 0 Å². The molecular formula is C16H19N5O2S. The van der Waals surface area contributed by atoms with Crippen molar-refractivity contribution in [1.82, 2.24) is 19.6 Å². The third-order valence-electron chi connectivity index (χ3n) is 3.73. The number of hydrogen-bond acceptors (Lipinski definition) is 5. The Morgan fingerprint density at radius 3 is 2.38 bits per heavy atom. The normalized spacial score (nSPS) is 11.8. The monoisotopic (exact) mass is 345 g/mol. The van der Waals surface area contributed by atoms with E-state index in [0.29, 0.717) is 5.78 Å². The van der Waals surface area contributed by atoms with Crippen LogP contribution < -0.4 is 4.31 Å². The third-order valence-corrected chi connectivity index (χ3v) is 5.60. The van der Waals surface area contributed by atoms with Crippen LogP contribution in [0, 0.1) is 20.8 Å². The summed E-state index contributed by atoms with van der Waals surface area (Å²) in [5.41, 5.74) is 2.65. The molecule has 3 aromatic rings. The maximum atomic E-state index is 12.9. The van der Waals surface area contributed by atoms with Gasteiger partial charge in [0, 0.05) is 17.9 Å². The summed E-state index contributed by atoms with van der Waals surface area (Å²) in [6.45, 7) is 7.63. The van der Waals surface area contributed by atoms with Crippen molar-refractivity contribution in [2.45, 2.75) is 32.6 Å². The highest BCUT2D eigenvalue weighted by molar-refractivity contribution is 7.92. The van der Waals surface area contributed by atoms with Crippen LogP contribution in [0.3, 0.4) is 0 Å². The summed E-state index contributed by atoms with van der Waals surface area (Å²) in [6.07, 6.45) is 0. The molecule has 0 bridgehead atoms. The second-order valence-electron chi connectivity index (χ2n) is 5.65. The number of aryl methyl sites for hydroxylation is 3. The smallest absolute Gasteiger partial charge is 0.233 e. The van der Waals surface area contributed by atoms with Crippen LogP contribution in [0.5, 0.6) is 0 Å². The van der Waals surface area contributed by atoms with E-state index < -0.39 is 10.0 Å². The Morgan fingerprint density at radius 1 is 1.08 bits per heavy atom. The fourth-order valence-corrected chi connectivity index (χ4v) is 3.88. The number of rotatable bonds is 4. The molecule has 0 spiro atoms. The molecule has 7 nitrogen and oxygen atoms in total. The average Bonchev–Trinajstić information content (AvgIpc) is 2.91. The second-order valence-corrected chi connectivity index (χ2v) is 7.51.